The third-order valence-electron chi connectivity index (χ3n) is 4.19. The molecule has 0 atom stereocenters. The summed E-state index contributed by atoms with van der Waals surface area (Å²) in [6, 6.07) is 10.0. The Morgan fingerprint density at radius 3 is 2.64 bits per heavy atom. The lowest BCUT2D eigenvalue weighted by Crippen LogP contribution is -2.40. The molecule has 22 heavy (non-hydrogen) atoms. The fourth-order valence-electron chi connectivity index (χ4n) is 3.03. The predicted octanol–water partition coefficient (Wildman–Crippen LogP) is 3.32. The van der Waals surface area contributed by atoms with Crippen molar-refractivity contribution in [1.29, 1.82) is 0 Å². The molecule has 1 aliphatic heterocycles. The van der Waals surface area contributed by atoms with E-state index in [1.54, 1.807) is 6.20 Å². The van der Waals surface area contributed by atoms with Crippen LogP contribution in [0.25, 0.3) is 11.1 Å². The predicted molar refractivity (Wildman–Crippen MR) is 86.8 cm³/mol. The van der Waals surface area contributed by atoms with Gasteiger partial charge < -0.3 is 14.6 Å². The molecule has 1 aromatic carbocycles. The zero-order valence-electron chi connectivity index (χ0n) is 12.9. The van der Waals surface area contributed by atoms with E-state index < -0.39 is 0 Å². The Labute approximate surface area is 131 Å². The van der Waals surface area contributed by atoms with Crippen LogP contribution >= 0.6 is 0 Å². The van der Waals surface area contributed by atoms with Gasteiger partial charge in [-0.05, 0) is 25.3 Å². The first-order valence-electron chi connectivity index (χ1n) is 7.92. The van der Waals surface area contributed by atoms with E-state index in [-0.39, 0.29) is 5.91 Å². The number of H-pyrrole nitrogens is 1. The molecule has 0 spiro atoms. The van der Waals surface area contributed by atoms with E-state index in [1.165, 1.54) is 0 Å². The highest BCUT2D eigenvalue weighted by molar-refractivity contribution is 6.00. The van der Waals surface area contributed by atoms with Gasteiger partial charge in [0.25, 0.3) is 5.91 Å². The van der Waals surface area contributed by atoms with Crippen LogP contribution in [0.2, 0.25) is 0 Å². The largest absolute Gasteiger partial charge is 0.378 e. The van der Waals surface area contributed by atoms with Gasteiger partial charge in [-0.2, -0.15) is 0 Å². The molecule has 1 aromatic heterocycles. The summed E-state index contributed by atoms with van der Waals surface area (Å²) in [7, 11) is 0. The molecular weight excluding hydrogens is 276 g/mol. The van der Waals surface area contributed by atoms with Gasteiger partial charge in [0, 0.05) is 37.7 Å². The number of carbonyl (C=O) groups is 1. The van der Waals surface area contributed by atoms with Crippen LogP contribution in [0, 0.1) is 0 Å². The maximum atomic E-state index is 12.8. The van der Waals surface area contributed by atoms with Gasteiger partial charge in [-0.3, -0.25) is 4.79 Å². The number of hydrogen-bond acceptors (Lipinski definition) is 2. The molecule has 1 saturated heterocycles. The van der Waals surface area contributed by atoms with Crippen molar-refractivity contribution in [2.24, 2.45) is 0 Å². The van der Waals surface area contributed by atoms with Crippen molar-refractivity contribution >= 4 is 5.91 Å². The molecule has 1 fully saturated rings. The summed E-state index contributed by atoms with van der Waals surface area (Å²) in [4.78, 5) is 17.8. The fourth-order valence-corrected chi connectivity index (χ4v) is 3.03. The molecule has 0 unspecified atom stereocenters. The second kappa shape index (κ2) is 6.79. The maximum absolute atomic E-state index is 12.8. The molecule has 3 rings (SSSR count). The number of carbonyl (C=O) groups excluding carboxylic acids is 1. The van der Waals surface area contributed by atoms with Crippen LogP contribution in [0.15, 0.2) is 42.7 Å². The highest BCUT2D eigenvalue weighted by Crippen LogP contribution is 2.25. The van der Waals surface area contributed by atoms with Crippen molar-refractivity contribution in [3.8, 4) is 11.1 Å². The van der Waals surface area contributed by atoms with Crippen LogP contribution in [-0.2, 0) is 4.74 Å². The van der Waals surface area contributed by atoms with Crippen molar-refractivity contribution in [2.45, 2.75) is 25.9 Å². The van der Waals surface area contributed by atoms with Gasteiger partial charge in [-0.1, -0.05) is 30.3 Å². The number of aromatic nitrogens is 1. The van der Waals surface area contributed by atoms with Crippen LogP contribution < -0.4 is 0 Å². The number of aromatic amines is 1. The fraction of sp³-hybridized carbons (Fsp3) is 0.389. The van der Waals surface area contributed by atoms with E-state index in [0.717, 1.165) is 49.2 Å². The van der Waals surface area contributed by atoms with Gasteiger partial charge >= 0.3 is 0 Å². The third kappa shape index (κ3) is 3.07. The summed E-state index contributed by atoms with van der Waals surface area (Å²) in [5.41, 5.74) is 2.79. The van der Waals surface area contributed by atoms with Gasteiger partial charge in [0.1, 0.15) is 0 Å². The molecule has 1 aliphatic rings. The lowest BCUT2D eigenvalue weighted by molar-refractivity contribution is 0.0146. The Kier molecular flexibility index (Phi) is 4.59. The zero-order valence-corrected chi connectivity index (χ0v) is 12.9. The van der Waals surface area contributed by atoms with Crippen molar-refractivity contribution < 1.29 is 9.53 Å². The lowest BCUT2D eigenvalue weighted by Gasteiger charge is -2.31. The maximum Gasteiger partial charge on any atom is 0.256 e. The summed E-state index contributed by atoms with van der Waals surface area (Å²) >= 11 is 0. The number of ether oxygens (including phenoxy) is 1. The molecule has 4 heteroatoms. The quantitative estimate of drug-likeness (QED) is 0.941. The van der Waals surface area contributed by atoms with Crippen LogP contribution in [0.5, 0.6) is 0 Å². The van der Waals surface area contributed by atoms with E-state index in [1.807, 2.05) is 48.4 Å². The normalized spacial score (nSPS) is 16.0. The minimum absolute atomic E-state index is 0.107. The Morgan fingerprint density at radius 1 is 1.23 bits per heavy atom. The summed E-state index contributed by atoms with van der Waals surface area (Å²) in [5, 5.41) is 0. The Balaban J connectivity index is 1.73. The Hall–Kier alpha value is -2.07. The van der Waals surface area contributed by atoms with Gasteiger partial charge in [0.05, 0.1) is 11.7 Å². The average molecular weight is 298 g/mol. The van der Waals surface area contributed by atoms with Gasteiger partial charge in [0.15, 0.2) is 0 Å². The topological polar surface area (TPSA) is 45.3 Å². The summed E-state index contributed by atoms with van der Waals surface area (Å²) in [5.74, 6) is 0.107. The minimum Gasteiger partial charge on any atom is -0.378 e. The molecule has 1 amide bonds. The molecule has 0 bridgehead atoms. The molecule has 0 aliphatic carbocycles. The summed E-state index contributed by atoms with van der Waals surface area (Å²) in [6.45, 7) is 4.30. The van der Waals surface area contributed by atoms with E-state index in [4.69, 9.17) is 4.74 Å². The smallest absolute Gasteiger partial charge is 0.256 e. The van der Waals surface area contributed by atoms with Gasteiger partial charge in [-0.25, -0.2) is 0 Å². The summed E-state index contributed by atoms with van der Waals surface area (Å²) in [6.07, 6.45) is 5.85. The lowest BCUT2D eigenvalue weighted by atomic mass is 10.0. The molecule has 4 nitrogen and oxygen atoms in total. The van der Waals surface area contributed by atoms with E-state index >= 15 is 0 Å². The number of amides is 1. The molecule has 0 saturated carbocycles. The molecule has 116 valence electrons. The second-order valence-corrected chi connectivity index (χ2v) is 5.60. The van der Waals surface area contributed by atoms with E-state index in [2.05, 4.69) is 4.98 Å². The zero-order chi connectivity index (χ0) is 15.4. The first-order valence-corrected chi connectivity index (χ1v) is 7.92. The number of likely N-dealkylation sites (tertiary alicyclic amines) is 1. The van der Waals surface area contributed by atoms with Crippen molar-refractivity contribution in [2.75, 3.05) is 19.7 Å². The van der Waals surface area contributed by atoms with E-state index in [0.29, 0.717) is 6.10 Å². The Bertz CT molecular complexity index is 613. The highest BCUT2D eigenvalue weighted by Gasteiger charge is 2.25. The van der Waals surface area contributed by atoms with Crippen molar-refractivity contribution in [1.82, 2.24) is 9.88 Å². The number of nitrogens with one attached hydrogen (secondary N) is 1. The summed E-state index contributed by atoms with van der Waals surface area (Å²) < 4.78 is 5.65. The van der Waals surface area contributed by atoms with Crippen LogP contribution in [0.3, 0.4) is 0 Å². The SMILES string of the molecule is CCOC1CCN(C(=O)c2c[nH]cc2-c2ccccc2)CC1. The molecule has 2 heterocycles. The standard InChI is InChI=1S/C18H22N2O2/c1-2-22-15-8-10-20(11-9-15)18(21)17-13-19-12-16(17)14-6-4-3-5-7-14/h3-7,12-13,15,19H,2,8-11H2,1H3. The number of rotatable bonds is 4. The minimum atomic E-state index is 0.107. The second-order valence-electron chi connectivity index (χ2n) is 5.60. The first kappa shape index (κ1) is 14.9. The van der Waals surface area contributed by atoms with Crippen LogP contribution in [0.4, 0.5) is 0 Å². The van der Waals surface area contributed by atoms with Crippen molar-refractivity contribution in [3.05, 3.63) is 48.3 Å². The number of piperidine rings is 1. The van der Waals surface area contributed by atoms with Crippen molar-refractivity contribution in [3.63, 3.8) is 0 Å². The molecular formula is C18H22N2O2. The third-order valence-corrected chi connectivity index (χ3v) is 4.19. The van der Waals surface area contributed by atoms with Gasteiger partial charge in [0.2, 0.25) is 0 Å². The van der Waals surface area contributed by atoms with E-state index in [9.17, 15) is 4.79 Å². The Morgan fingerprint density at radius 2 is 1.95 bits per heavy atom. The number of hydrogen-bond donors (Lipinski definition) is 1. The first-order chi connectivity index (χ1) is 10.8. The molecule has 0 radical (unpaired) electrons. The van der Waals surface area contributed by atoms with Crippen LogP contribution in [-0.4, -0.2) is 41.6 Å². The average Bonchev–Trinajstić information content (AvgIpc) is 3.06. The molecule has 1 N–H and O–H groups in total. The monoisotopic (exact) mass is 298 g/mol. The highest BCUT2D eigenvalue weighted by atomic mass is 16.5. The number of nitrogens with zero attached hydrogens (tertiary/aromatic N) is 1. The van der Waals surface area contributed by atoms with Crippen LogP contribution in [0.1, 0.15) is 30.1 Å². The van der Waals surface area contributed by atoms with Gasteiger partial charge in [-0.15, -0.1) is 0 Å². The molecule has 2 aromatic rings. The number of benzene rings is 1.